The van der Waals surface area contributed by atoms with Crippen LogP contribution in [0.1, 0.15) is 12.0 Å². The van der Waals surface area contributed by atoms with Crippen molar-refractivity contribution in [2.45, 2.75) is 13.0 Å². The number of aromatic nitrogens is 1. The van der Waals surface area contributed by atoms with Gasteiger partial charge in [-0.2, -0.15) is 0 Å². The molecule has 1 aliphatic heterocycles. The average Bonchev–Trinajstić information content (AvgIpc) is 3.07. The Balaban J connectivity index is 1.86. The third-order valence-electron chi connectivity index (χ3n) is 4.81. The highest BCUT2D eigenvalue weighted by Crippen LogP contribution is 2.29. The molecule has 1 aliphatic rings. The van der Waals surface area contributed by atoms with Crippen LogP contribution in [0.3, 0.4) is 0 Å². The van der Waals surface area contributed by atoms with Gasteiger partial charge in [-0.05, 0) is 6.42 Å². The van der Waals surface area contributed by atoms with Gasteiger partial charge in [-0.1, -0.05) is 25.0 Å². The topological polar surface area (TPSA) is 85.6 Å². The van der Waals surface area contributed by atoms with Crippen molar-refractivity contribution in [3.63, 3.8) is 0 Å². The number of rotatable bonds is 11. The minimum atomic E-state index is -0.169. The molecule has 0 amide bonds. The quantitative estimate of drug-likeness (QED) is 0.235. The second-order valence-electron chi connectivity index (χ2n) is 7.06. The average molecular weight is 445 g/mol. The summed E-state index contributed by atoms with van der Waals surface area (Å²) in [4.78, 5) is 2.35. The van der Waals surface area contributed by atoms with Crippen LogP contribution in [0.5, 0.6) is 11.8 Å². The summed E-state index contributed by atoms with van der Waals surface area (Å²) in [6.07, 6.45) is 5.59. The number of aromatic hydroxyl groups is 2. The van der Waals surface area contributed by atoms with Crippen molar-refractivity contribution >= 4 is 0 Å². The summed E-state index contributed by atoms with van der Waals surface area (Å²) < 4.78 is 22.3. The number of ether oxygens (including phenoxy) is 4. The van der Waals surface area contributed by atoms with Crippen molar-refractivity contribution < 1.29 is 29.2 Å². The van der Waals surface area contributed by atoms with Gasteiger partial charge < -0.3 is 29.2 Å². The Hall–Kier alpha value is -3.28. The van der Waals surface area contributed by atoms with Gasteiger partial charge in [-0.25, -0.2) is 0 Å². The fourth-order valence-electron chi connectivity index (χ4n) is 3.02. The molecule has 2 rings (SSSR count). The summed E-state index contributed by atoms with van der Waals surface area (Å²) >= 11 is 0. The van der Waals surface area contributed by atoms with Crippen LogP contribution in [-0.4, -0.2) is 73.4 Å². The largest absolute Gasteiger partial charge is 0.500 e. The highest BCUT2D eigenvalue weighted by atomic mass is 16.5. The zero-order valence-electron chi connectivity index (χ0n) is 18.8. The van der Waals surface area contributed by atoms with Crippen molar-refractivity contribution in [2.75, 3.05) is 53.7 Å². The van der Waals surface area contributed by atoms with Crippen LogP contribution in [0.15, 0.2) is 54.7 Å². The lowest BCUT2D eigenvalue weighted by Crippen LogP contribution is -2.37. The Morgan fingerprint density at radius 1 is 1.22 bits per heavy atom. The molecule has 1 fully saturated rings. The minimum Gasteiger partial charge on any atom is -0.500 e. The molecular formula is C24H32N2O6. The fraction of sp³-hybridized carbons (Fsp3) is 0.417. The minimum absolute atomic E-state index is 0.0953. The van der Waals surface area contributed by atoms with E-state index in [1.165, 1.54) is 31.1 Å². The second kappa shape index (κ2) is 13.2. The van der Waals surface area contributed by atoms with E-state index in [9.17, 15) is 10.2 Å². The standard InChI is InChI=1S/C24H32N2O6/c1-19(22(30-4)16-20(2)29-3)18-26-23(27)17-21(24(26)28)8-5-6-12-31-13-7-9-25-10-14-32-15-11-25/h6,12,16-17,27-28H,1-2,7,9-11,13-15,18H2,3-4H3. The monoisotopic (exact) mass is 444 g/mol. The van der Waals surface area contributed by atoms with Crippen molar-refractivity contribution in [1.82, 2.24) is 9.47 Å². The van der Waals surface area contributed by atoms with Crippen molar-refractivity contribution in [3.8, 4) is 23.6 Å². The Morgan fingerprint density at radius 3 is 2.66 bits per heavy atom. The first kappa shape index (κ1) is 25.0. The summed E-state index contributed by atoms with van der Waals surface area (Å²) in [6, 6.07) is 1.39. The van der Waals surface area contributed by atoms with E-state index in [1.807, 2.05) is 0 Å². The maximum atomic E-state index is 10.4. The van der Waals surface area contributed by atoms with Gasteiger partial charge in [0.25, 0.3) is 0 Å². The Morgan fingerprint density at radius 2 is 1.97 bits per heavy atom. The van der Waals surface area contributed by atoms with Gasteiger partial charge in [0, 0.05) is 43.4 Å². The maximum Gasteiger partial charge on any atom is 0.210 e. The number of allylic oxidation sites excluding steroid dienone is 3. The predicted octanol–water partition coefficient (Wildman–Crippen LogP) is 2.75. The van der Waals surface area contributed by atoms with E-state index in [0.29, 0.717) is 23.7 Å². The summed E-state index contributed by atoms with van der Waals surface area (Å²) in [6.45, 7) is 12.8. The van der Waals surface area contributed by atoms with Crippen molar-refractivity contribution in [3.05, 3.63) is 60.3 Å². The molecule has 0 unspecified atom stereocenters. The number of hydrogen-bond donors (Lipinski definition) is 2. The number of morpholine rings is 1. The van der Waals surface area contributed by atoms with Gasteiger partial charge in [-0.3, -0.25) is 9.47 Å². The van der Waals surface area contributed by atoms with E-state index in [1.54, 1.807) is 12.2 Å². The summed E-state index contributed by atoms with van der Waals surface area (Å²) in [5.41, 5.74) is 0.799. The van der Waals surface area contributed by atoms with E-state index in [2.05, 4.69) is 29.9 Å². The Labute approximate surface area is 189 Å². The molecule has 0 saturated carbocycles. The van der Waals surface area contributed by atoms with E-state index in [4.69, 9.17) is 18.9 Å². The van der Waals surface area contributed by atoms with Gasteiger partial charge >= 0.3 is 0 Å². The van der Waals surface area contributed by atoms with Crippen molar-refractivity contribution in [1.29, 1.82) is 0 Å². The van der Waals surface area contributed by atoms with Gasteiger partial charge in [0.15, 0.2) is 5.88 Å². The molecule has 8 heteroatoms. The van der Waals surface area contributed by atoms with Crippen LogP contribution in [0.4, 0.5) is 0 Å². The molecule has 0 aliphatic carbocycles. The summed E-state index contributed by atoms with van der Waals surface area (Å²) in [5, 5.41) is 20.6. The van der Waals surface area contributed by atoms with Crippen LogP contribution in [-0.2, 0) is 25.5 Å². The Bertz CT molecular complexity index is 898. The predicted molar refractivity (Wildman–Crippen MR) is 122 cm³/mol. The maximum absolute atomic E-state index is 10.4. The molecular weight excluding hydrogens is 412 g/mol. The first-order chi connectivity index (χ1) is 15.5. The normalized spacial score (nSPS) is 14.6. The zero-order valence-corrected chi connectivity index (χ0v) is 18.8. The molecule has 0 spiro atoms. The zero-order chi connectivity index (χ0) is 23.3. The van der Waals surface area contributed by atoms with Crippen LogP contribution in [0.2, 0.25) is 0 Å². The number of nitrogens with zero attached hydrogens (tertiary/aromatic N) is 2. The molecule has 1 aromatic rings. The lowest BCUT2D eigenvalue weighted by molar-refractivity contribution is 0.0349. The Kier molecular flexibility index (Phi) is 10.3. The van der Waals surface area contributed by atoms with Gasteiger partial charge in [0.05, 0.1) is 52.4 Å². The summed E-state index contributed by atoms with van der Waals surface area (Å²) in [5.74, 6) is 6.09. The lowest BCUT2D eigenvalue weighted by atomic mass is 10.2. The van der Waals surface area contributed by atoms with Crippen molar-refractivity contribution in [2.24, 2.45) is 0 Å². The second-order valence-corrected chi connectivity index (χ2v) is 7.06. The third kappa shape index (κ3) is 7.76. The van der Waals surface area contributed by atoms with E-state index < -0.39 is 0 Å². The fourth-order valence-corrected chi connectivity index (χ4v) is 3.02. The molecule has 1 saturated heterocycles. The van der Waals surface area contributed by atoms with Gasteiger partial charge in [-0.15, -0.1) is 0 Å². The molecule has 2 N–H and O–H groups in total. The molecule has 0 aromatic carbocycles. The SMILES string of the molecule is C=C(C=C(OC)C(=C)Cn1c(O)cc(C#CC=COCCCN2CCOCC2)c1O)OC. The highest BCUT2D eigenvalue weighted by Gasteiger charge is 2.15. The van der Waals surface area contributed by atoms with Crippen LogP contribution >= 0.6 is 0 Å². The highest BCUT2D eigenvalue weighted by molar-refractivity contribution is 5.49. The smallest absolute Gasteiger partial charge is 0.210 e. The van der Waals surface area contributed by atoms with Crippen LogP contribution in [0, 0.1) is 11.8 Å². The van der Waals surface area contributed by atoms with E-state index in [0.717, 1.165) is 39.3 Å². The van der Waals surface area contributed by atoms with Gasteiger partial charge in [0.1, 0.15) is 11.5 Å². The number of methoxy groups -OCH3 is 2. The third-order valence-corrected chi connectivity index (χ3v) is 4.81. The molecule has 8 nitrogen and oxygen atoms in total. The molecule has 1 aromatic heterocycles. The first-order valence-electron chi connectivity index (χ1n) is 10.3. The van der Waals surface area contributed by atoms with E-state index >= 15 is 0 Å². The van der Waals surface area contributed by atoms with Crippen LogP contribution < -0.4 is 0 Å². The molecule has 0 radical (unpaired) electrons. The molecule has 174 valence electrons. The number of hydrogen-bond acceptors (Lipinski definition) is 7. The van der Waals surface area contributed by atoms with Crippen LogP contribution in [0.25, 0.3) is 0 Å². The molecule has 2 heterocycles. The molecule has 0 atom stereocenters. The van der Waals surface area contributed by atoms with E-state index in [-0.39, 0.29) is 23.9 Å². The van der Waals surface area contributed by atoms with Gasteiger partial charge in [0.2, 0.25) is 5.88 Å². The molecule has 32 heavy (non-hydrogen) atoms. The first-order valence-corrected chi connectivity index (χ1v) is 10.3. The summed E-state index contributed by atoms with van der Waals surface area (Å²) in [7, 11) is 2.98. The lowest BCUT2D eigenvalue weighted by Gasteiger charge is -2.26. The molecule has 0 bridgehead atoms.